The second kappa shape index (κ2) is 6.25. The number of hydrogen-bond acceptors (Lipinski definition) is 4. The molecule has 1 unspecified atom stereocenters. The molecule has 1 aromatic rings. The molecule has 1 fully saturated rings. The molecule has 2 rings (SSSR count). The van der Waals surface area contributed by atoms with E-state index in [0.717, 1.165) is 0 Å². The Morgan fingerprint density at radius 3 is 2.30 bits per heavy atom. The lowest BCUT2D eigenvalue weighted by Crippen LogP contribution is -2.41. The molecule has 126 valence electrons. The lowest BCUT2D eigenvalue weighted by molar-refractivity contribution is -0.140. The Hall–Kier alpha value is -1.40. The zero-order valence-corrected chi connectivity index (χ0v) is 14.6. The molecule has 4 nitrogen and oxygen atoms in total. The van der Waals surface area contributed by atoms with Gasteiger partial charge in [-0.15, -0.1) is 0 Å². The van der Waals surface area contributed by atoms with Crippen LogP contribution in [0.1, 0.15) is 51.1 Å². The van der Waals surface area contributed by atoms with Crippen molar-refractivity contribution in [1.82, 2.24) is 0 Å². The molecule has 1 saturated heterocycles. The van der Waals surface area contributed by atoms with Crippen LogP contribution in [0.2, 0.25) is 0 Å². The van der Waals surface area contributed by atoms with Crippen molar-refractivity contribution < 1.29 is 23.2 Å². The topological polar surface area (TPSA) is 44.8 Å². The Bertz CT molecular complexity index is 584. The summed E-state index contributed by atoms with van der Waals surface area (Å²) in [7, 11) is 0.695. The fourth-order valence-corrected chi connectivity index (χ4v) is 2.53. The highest BCUT2D eigenvalue weighted by atomic mass is 19.1. The van der Waals surface area contributed by atoms with Crippen LogP contribution in [0.5, 0.6) is 0 Å². The van der Waals surface area contributed by atoms with Gasteiger partial charge in [0.05, 0.1) is 24.7 Å². The number of aryl methyl sites for hydroxylation is 1. The van der Waals surface area contributed by atoms with Gasteiger partial charge in [-0.25, -0.2) is 4.39 Å². The monoisotopic (exact) mass is 322 g/mol. The predicted molar refractivity (Wildman–Crippen MR) is 86.6 cm³/mol. The summed E-state index contributed by atoms with van der Waals surface area (Å²) in [6.45, 7) is 9.47. The maximum Gasteiger partial charge on any atom is 0.466 e. The van der Waals surface area contributed by atoms with Crippen molar-refractivity contribution in [3.05, 3.63) is 35.1 Å². The summed E-state index contributed by atoms with van der Waals surface area (Å²) in [6.07, 6.45) is 0.0653. The van der Waals surface area contributed by atoms with Gasteiger partial charge in [-0.2, -0.15) is 0 Å². The van der Waals surface area contributed by atoms with Crippen LogP contribution in [0.25, 0.3) is 0 Å². The first-order chi connectivity index (χ1) is 10.6. The molecule has 1 aromatic carbocycles. The van der Waals surface area contributed by atoms with Gasteiger partial charge in [0.15, 0.2) is 0 Å². The summed E-state index contributed by atoms with van der Waals surface area (Å²) in [5, 5.41) is 0. The molecule has 0 aromatic heterocycles. The van der Waals surface area contributed by atoms with E-state index in [9.17, 15) is 9.18 Å². The number of carbonyl (C=O) groups is 1. The molecular weight excluding hydrogens is 298 g/mol. The number of halogens is 1. The Kier molecular flexibility index (Phi) is 4.88. The van der Waals surface area contributed by atoms with E-state index in [1.54, 1.807) is 19.1 Å². The Morgan fingerprint density at radius 2 is 1.83 bits per heavy atom. The number of methoxy groups -OCH3 is 1. The van der Waals surface area contributed by atoms with E-state index >= 15 is 0 Å². The third kappa shape index (κ3) is 3.58. The van der Waals surface area contributed by atoms with Gasteiger partial charge in [-0.1, -0.05) is 12.1 Å². The quantitative estimate of drug-likeness (QED) is 0.629. The molecule has 0 N–H and O–H groups in total. The standard InChI is InChI=1S/C17H24BFO4/c1-11-7-8-12(9-14(11)19)13(10-15(20)21-6)18-22-16(2,3)17(4,5)23-18/h7-9,13H,10H2,1-6H3. The molecule has 0 aliphatic carbocycles. The smallest absolute Gasteiger partial charge is 0.466 e. The van der Waals surface area contributed by atoms with Crippen molar-refractivity contribution in [3.63, 3.8) is 0 Å². The third-order valence-corrected chi connectivity index (χ3v) is 4.84. The van der Waals surface area contributed by atoms with Gasteiger partial charge in [-0.05, 0) is 51.8 Å². The van der Waals surface area contributed by atoms with Gasteiger partial charge in [0.2, 0.25) is 0 Å². The molecule has 0 spiro atoms. The summed E-state index contributed by atoms with van der Waals surface area (Å²) in [6, 6.07) is 4.94. The minimum absolute atomic E-state index is 0.0653. The summed E-state index contributed by atoms with van der Waals surface area (Å²) >= 11 is 0. The van der Waals surface area contributed by atoms with Crippen molar-refractivity contribution >= 4 is 13.1 Å². The van der Waals surface area contributed by atoms with Crippen LogP contribution in [0.4, 0.5) is 4.39 Å². The molecule has 0 bridgehead atoms. The van der Waals surface area contributed by atoms with Crippen molar-refractivity contribution in [2.24, 2.45) is 0 Å². The highest BCUT2D eigenvalue weighted by Gasteiger charge is 2.54. The number of carbonyl (C=O) groups excluding carboxylic acids is 1. The average Bonchev–Trinajstić information content (AvgIpc) is 2.67. The lowest BCUT2D eigenvalue weighted by Gasteiger charge is -2.32. The van der Waals surface area contributed by atoms with Crippen LogP contribution in [-0.2, 0) is 18.8 Å². The molecule has 1 aliphatic heterocycles. The second-order valence-electron chi connectivity index (χ2n) is 7.02. The van der Waals surface area contributed by atoms with Crippen LogP contribution in [0, 0.1) is 12.7 Å². The van der Waals surface area contributed by atoms with Gasteiger partial charge >= 0.3 is 13.1 Å². The molecule has 6 heteroatoms. The Morgan fingerprint density at radius 1 is 1.26 bits per heavy atom. The van der Waals surface area contributed by atoms with Gasteiger partial charge in [0.25, 0.3) is 0 Å². The van der Waals surface area contributed by atoms with Crippen LogP contribution in [-0.4, -0.2) is 31.4 Å². The van der Waals surface area contributed by atoms with Crippen molar-refractivity contribution in [2.75, 3.05) is 7.11 Å². The predicted octanol–water partition coefficient (Wildman–Crippen LogP) is 3.41. The van der Waals surface area contributed by atoms with E-state index in [1.165, 1.54) is 13.2 Å². The number of hydrogen-bond donors (Lipinski definition) is 0. The molecule has 0 radical (unpaired) electrons. The normalized spacial score (nSPS) is 20.4. The van der Waals surface area contributed by atoms with Gasteiger partial charge < -0.3 is 14.0 Å². The number of ether oxygens (including phenoxy) is 1. The fourth-order valence-electron chi connectivity index (χ4n) is 2.53. The maximum absolute atomic E-state index is 14.0. The fraction of sp³-hybridized carbons (Fsp3) is 0.588. The van der Waals surface area contributed by atoms with E-state index in [0.29, 0.717) is 11.1 Å². The van der Waals surface area contributed by atoms with Crippen LogP contribution < -0.4 is 0 Å². The minimum atomic E-state index is -0.638. The van der Waals surface area contributed by atoms with Crippen LogP contribution >= 0.6 is 0 Å². The molecule has 0 saturated carbocycles. The van der Waals surface area contributed by atoms with E-state index in [1.807, 2.05) is 27.7 Å². The Balaban J connectivity index is 2.35. The van der Waals surface area contributed by atoms with E-state index in [4.69, 9.17) is 14.0 Å². The van der Waals surface area contributed by atoms with Crippen molar-refractivity contribution in [1.29, 1.82) is 0 Å². The maximum atomic E-state index is 14.0. The number of esters is 1. The number of rotatable bonds is 4. The Labute approximate surface area is 137 Å². The van der Waals surface area contributed by atoms with Gasteiger partial charge in [-0.3, -0.25) is 4.79 Å². The first-order valence-corrected chi connectivity index (χ1v) is 7.76. The lowest BCUT2D eigenvalue weighted by atomic mass is 9.66. The largest absolute Gasteiger partial charge is 0.469 e. The van der Waals surface area contributed by atoms with Crippen LogP contribution in [0.15, 0.2) is 18.2 Å². The summed E-state index contributed by atoms with van der Waals surface area (Å²) < 4.78 is 30.8. The first kappa shape index (κ1) is 18.0. The summed E-state index contributed by atoms with van der Waals surface area (Å²) in [5.41, 5.74) is 0.182. The zero-order chi connectivity index (χ0) is 17.4. The SMILES string of the molecule is COC(=O)CC(B1OC(C)(C)C(C)(C)O1)c1ccc(C)c(F)c1. The molecule has 1 heterocycles. The van der Waals surface area contributed by atoms with E-state index in [-0.39, 0.29) is 18.2 Å². The van der Waals surface area contributed by atoms with Crippen molar-refractivity contribution in [2.45, 2.75) is 58.1 Å². The molecule has 0 amide bonds. The highest BCUT2D eigenvalue weighted by molar-refractivity contribution is 6.48. The molecule has 23 heavy (non-hydrogen) atoms. The van der Waals surface area contributed by atoms with Crippen molar-refractivity contribution in [3.8, 4) is 0 Å². The highest BCUT2D eigenvalue weighted by Crippen LogP contribution is 2.42. The molecule has 1 aliphatic rings. The van der Waals surface area contributed by atoms with E-state index in [2.05, 4.69) is 0 Å². The average molecular weight is 322 g/mol. The van der Waals surface area contributed by atoms with Gasteiger partial charge in [0.1, 0.15) is 5.82 Å². The first-order valence-electron chi connectivity index (χ1n) is 7.76. The minimum Gasteiger partial charge on any atom is -0.469 e. The molecule has 1 atom stereocenters. The second-order valence-corrected chi connectivity index (χ2v) is 7.02. The van der Waals surface area contributed by atoms with Gasteiger partial charge in [0, 0.05) is 5.82 Å². The molecular formula is C17H24BFO4. The third-order valence-electron chi connectivity index (χ3n) is 4.84. The zero-order valence-electron chi connectivity index (χ0n) is 14.6. The van der Waals surface area contributed by atoms with Crippen LogP contribution in [0.3, 0.4) is 0 Å². The summed E-state index contributed by atoms with van der Waals surface area (Å²) in [5.74, 6) is -1.13. The summed E-state index contributed by atoms with van der Waals surface area (Å²) in [4.78, 5) is 11.8. The van der Waals surface area contributed by atoms with E-state index < -0.39 is 24.1 Å². The number of benzene rings is 1.